The minimum Gasteiger partial charge on any atom is -0.400 e. The van der Waals surface area contributed by atoms with E-state index in [1.165, 1.54) is 0 Å². The van der Waals surface area contributed by atoms with Crippen molar-refractivity contribution in [3.8, 4) is 0 Å². The van der Waals surface area contributed by atoms with E-state index in [2.05, 4.69) is 15.9 Å². The number of rotatable bonds is 3. The minimum absolute atomic E-state index is 0.150. The molecule has 1 N–H and O–H groups in total. The first-order valence-electron chi connectivity index (χ1n) is 6.78. The molecule has 3 nitrogen and oxygen atoms in total. The zero-order valence-electron chi connectivity index (χ0n) is 12.6. The monoisotopic (exact) mass is 372 g/mol. The quantitative estimate of drug-likeness (QED) is 0.811. The van der Waals surface area contributed by atoms with Gasteiger partial charge in [0.2, 0.25) is 0 Å². The van der Waals surface area contributed by atoms with Crippen LogP contribution >= 0.6 is 27.5 Å². The van der Waals surface area contributed by atoms with Crippen LogP contribution in [0.4, 0.5) is 0 Å². The standard InChI is InChI=1S/C15H19BBrClO3/c1-14(2)15(3,4)21-16(20-14)11(9-19)7-10-5-6-12(17)8-13(10)18/h5-8,19H,9H2,1-4H3. The van der Waals surface area contributed by atoms with Gasteiger partial charge in [0.15, 0.2) is 0 Å². The van der Waals surface area contributed by atoms with Gasteiger partial charge in [-0.1, -0.05) is 39.7 Å². The third kappa shape index (κ3) is 3.54. The predicted octanol–water partition coefficient (Wildman–Crippen LogP) is 4.11. The summed E-state index contributed by atoms with van der Waals surface area (Å²) in [7, 11) is -0.570. The molecule has 2 rings (SSSR count). The lowest BCUT2D eigenvalue weighted by atomic mass is 9.77. The summed E-state index contributed by atoms with van der Waals surface area (Å²) < 4.78 is 12.8. The third-order valence-electron chi connectivity index (χ3n) is 4.04. The molecule has 0 spiro atoms. The number of hydrogen-bond donors (Lipinski definition) is 1. The largest absolute Gasteiger partial charge is 0.492 e. The SMILES string of the molecule is CC1(C)OB(C(=Cc2ccc(Br)cc2Cl)CO)OC1(C)C. The Bertz CT molecular complexity index is 556. The van der Waals surface area contributed by atoms with Crippen molar-refractivity contribution in [2.24, 2.45) is 0 Å². The molecule has 0 aromatic heterocycles. The fraction of sp³-hybridized carbons (Fsp3) is 0.467. The maximum atomic E-state index is 9.65. The highest BCUT2D eigenvalue weighted by Crippen LogP contribution is 2.39. The van der Waals surface area contributed by atoms with Gasteiger partial charge >= 0.3 is 7.12 Å². The van der Waals surface area contributed by atoms with Gasteiger partial charge in [0, 0.05) is 9.50 Å². The Hall–Kier alpha value is -0.325. The molecule has 0 aliphatic carbocycles. The van der Waals surface area contributed by atoms with Crippen molar-refractivity contribution in [3.05, 3.63) is 38.7 Å². The molecule has 0 amide bonds. The predicted molar refractivity (Wildman–Crippen MR) is 90.3 cm³/mol. The first-order chi connectivity index (χ1) is 9.66. The van der Waals surface area contributed by atoms with E-state index in [0.717, 1.165) is 10.0 Å². The molecule has 0 saturated carbocycles. The average molecular weight is 373 g/mol. The van der Waals surface area contributed by atoms with Gasteiger partial charge in [0.25, 0.3) is 0 Å². The summed E-state index contributed by atoms with van der Waals surface area (Å²) >= 11 is 9.58. The molecular formula is C15H19BBrClO3. The molecule has 1 aliphatic rings. The van der Waals surface area contributed by atoms with Gasteiger partial charge in [-0.25, -0.2) is 0 Å². The highest BCUT2D eigenvalue weighted by Gasteiger charge is 2.52. The Morgan fingerprint density at radius 2 is 1.86 bits per heavy atom. The van der Waals surface area contributed by atoms with Gasteiger partial charge in [-0.2, -0.15) is 0 Å². The first kappa shape index (κ1) is 17.0. The van der Waals surface area contributed by atoms with E-state index < -0.39 is 18.3 Å². The molecule has 1 saturated heterocycles. The molecular weight excluding hydrogens is 354 g/mol. The molecule has 6 heteroatoms. The van der Waals surface area contributed by atoms with Gasteiger partial charge in [-0.15, -0.1) is 0 Å². The maximum Gasteiger partial charge on any atom is 0.492 e. The Kier molecular flexibility index (Phi) is 4.91. The number of halogens is 2. The van der Waals surface area contributed by atoms with Crippen molar-refractivity contribution in [2.75, 3.05) is 6.61 Å². The molecule has 0 unspecified atom stereocenters. The number of hydrogen-bond acceptors (Lipinski definition) is 3. The van der Waals surface area contributed by atoms with Crippen LogP contribution in [0.25, 0.3) is 6.08 Å². The van der Waals surface area contributed by atoms with Crippen molar-refractivity contribution < 1.29 is 14.4 Å². The van der Waals surface area contributed by atoms with Crippen molar-refractivity contribution in [2.45, 2.75) is 38.9 Å². The van der Waals surface area contributed by atoms with Crippen molar-refractivity contribution in [1.82, 2.24) is 0 Å². The Morgan fingerprint density at radius 3 is 2.33 bits per heavy atom. The molecule has 1 fully saturated rings. The van der Waals surface area contributed by atoms with Gasteiger partial charge in [-0.05, 0) is 50.9 Å². The van der Waals surface area contributed by atoms with E-state index in [1.807, 2.05) is 52.0 Å². The molecule has 0 bridgehead atoms. The molecule has 1 heterocycles. The van der Waals surface area contributed by atoms with Gasteiger partial charge < -0.3 is 14.4 Å². The van der Waals surface area contributed by atoms with Crippen LogP contribution in [0.15, 0.2) is 28.1 Å². The normalized spacial score (nSPS) is 20.9. The maximum absolute atomic E-state index is 9.65. The second-order valence-electron chi connectivity index (χ2n) is 6.13. The van der Waals surface area contributed by atoms with E-state index in [-0.39, 0.29) is 6.61 Å². The summed E-state index contributed by atoms with van der Waals surface area (Å²) in [5.41, 5.74) is 0.599. The van der Waals surface area contributed by atoms with E-state index in [9.17, 15) is 5.11 Å². The molecule has 21 heavy (non-hydrogen) atoms. The summed E-state index contributed by atoms with van der Waals surface area (Å²) in [5, 5.41) is 10.3. The topological polar surface area (TPSA) is 38.7 Å². The van der Waals surface area contributed by atoms with Gasteiger partial charge in [0.05, 0.1) is 17.8 Å². The van der Waals surface area contributed by atoms with Crippen molar-refractivity contribution >= 4 is 40.7 Å². The van der Waals surface area contributed by atoms with E-state index in [0.29, 0.717) is 10.5 Å². The highest BCUT2D eigenvalue weighted by molar-refractivity contribution is 9.10. The average Bonchev–Trinajstić information content (AvgIpc) is 2.57. The Balaban J connectivity index is 2.31. The lowest BCUT2D eigenvalue weighted by Gasteiger charge is -2.32. The van der Waals surface area contributed by atoms with E-state index >= 15 is 0 Å². The minimum atomic E-state index is -0.570. The third-order valence-corrected chi connectivity index (χ3v) is 4.86. The van der Waals surface area contributed by atoms with Gasteiger partial charge in [-0.3, -0.25) is 0 Å². The second-order valence-corrected chi connectivity index (χ2v) is 7.45. The van der Waals surface area contributed by atoms with Crippen molar-refractivity contribution in [3.63, 3.8) is 0 Å². The van der Waals surface area contributed by atoms with Crippen LogP contribution in [0.3, 0.4) is 0 Å². The fourth-order valence-electron chi connectivity index (χ4n) is 2.00. The summed E-state index contributed by atoms with van der Waals surface area (Å²) in [6, 6.07) is 5.59. The zero-order valence-corrected chi connectivity index (χ0v) is 15.0. The number of aliphatic hydroxyl groups excluding tert-OH is 1. The van der Waals surface area contributed by atoms with Crippen LogP contribution in [0.2, 0.25) is 5.02 Å². The van der Waals surface area contributed by atoms with Crippen LogP contribution in [-0.2, 0) is 9.31 Å². The molecule has 114 valence electrons. The number of aliphatic hydroxyl groups is 1. The molecule has 1 aliphatic heterocycles. The summed E-state index contributed by atoms with van der Waals surface area (Å²) in [6.45, 7) is 7.77. The van der Waals surface area contributed by atoms with E-state index in [1.54, 1.807) is 0 Å². The molecule has 0 atom stereocenters. The zero-order chi connectivity index (χ0) is 15.8. The smallest absolute Gasteiger partial charge is 0.400 e. The summed E-state index contributed by atoms with van der Waals surface area (Å²) in [5.74, 6) is 0. The first-order valence-corrected chi connectivity index (χ1v) is 7.95. The van der Waals surface area contributed by atoms with Crippen molar-refractivity contribution in [1.29, 1.82) is 0 Å². The molecule has 1 aromatic rings. The molecule has 1 aromatic carbocycles. The van der Waals surface area contributed by atoms with Crippen LogP contribution in [0.5, 0.6) is 0 Å². The summed E-state index contributed by atoms with van der Waals surface area (Å²) in [4.78, 5) is 0. The Morgan fingerprint density at radius 1 is 1.29 bits per heavy atom. The van der Waals surface area contributed by atoms with Crippen LogP contribution < -0.4 is 0 Å². The van der Waals surface area contributed by atoms with Crippen LogP contribution in [0, 0.1) is 0 Å². The lowest BCUT2D eigenvalue weighted by Crippen LogP contribution is -2.41. The second kappa shape index (κ2) is 6.05. The Labute approximate surface area is 139 Å². The summed E-state index contributed by atoms with van der Waals surface area (Å²) in [6.07, 6.45) is 1.82. The fourth-order valence-corrected chi connectivity index (χ4v) is 2.73. The number of benzene rings is 1. The van der Waals surface area contributed by atoms with Crippen LogP contribution in [-0.4, -0.2) is 30.0 Å². The van der Waals surface area contributed by atoms with Crippen LogP contribution in [0.1, 0.15) is 33.3 Å². The molecule has 0 radical (unpaired) electrons. The lowest BCUT2D eigenvalue weighted by molar-refractivity contribution is 0.00578. The highest BCUT2D eigenvalue weighted by atomic mass is 79.9. The van der Waals surface area contributed by atoms with Gasteiger partial charge in [0.1, 0.15) is 0 Å². The van der Waals surface area contributed by atoms with E-state index in [4.69, 9.17) is 20.9 Å².